The fraction of sp³-hybridized carbons (Fsp3) is 0.350. The summed E-state index contributed by atoms with van der Waals surface area (Å²) in [6.45, 7) is 2.47. The highest BCUT2D eigenvalue weighted by atomic mass is 16.6. The molecule has 0 radical (unpaired) electrons. The molecule has 1 unspecified atom stereocenters. The summed E-state index contributed by atoms with van der Waals surface area (Å²) >= 11 is 0. The molecule has 29 heavy (non-hydrogen) atoms. The summed E-state index contributed by atoms with van der Waals surface area (Å²) in [5.74, 6) is 1.28. The topological polar surface area (TPSA) is 104 Å². The molecule has 0 saturated heterocycles. The average molecular weight is 404 g/mol. The van der Waals surface area contributed by atoms with Gasteiger partial charge in [-0.15, -0.1) is 0 Å². The van der Waals surface area contributed by atoms with Crippen molar-refractivity contribution in [1.29, 1.82) is 0 Å². The number of hydrogen-bond acceptors (Lipinski definition) is 6. The lowest BCUT2D eigenvalue weighted by molar-refractivity contribution is -0.885. The van der Waals surface area contributed by atoms with Gasteiger partial charge in [-0.3, -0.25) is 14.9 Å². The number of carbonyl (C=O) groups is 1. The quantitative estimate of drug-likeness (QED) is 0.486. The molecule has 9 nitrogen and oxygen atoms in total. The number of nitrogens with zero attached hydrogens (tertiary/aromatic N) is 1. The van der Waals surface area contributed by atoms with Crippen LogP contribution in [0.4, 0.5) is 11.4 Å². The molecule has 2 aromatic rings. The number of nitro groups is 1. The molecule has 0 saturated carbocycles. The summed E-state index contributed by atoms with van der Waals surface area (Å²) in [5, 5.41) is 13.9. The summed E-state index contributed by atoms with van der Waals surface area (Å²) in [6, 6.07) is 8.40. The highest BCUT2D eigenvalue weighted by Crippen LogP contribution is 2.32. The molecular weight excluding hydrogens is 378 g/mol. The van der Waals surface area contributed by atoms with Gasteiger partial charge in [-0.2, -0.15) is 0 Å². The normalized spacial score (nSPS) is 11.5. The molecule has 9 heteroatoms. The SMILES string of the molecule is COc1ccc(C[NH+](C)CC(=O)Nc2cc(OC)c([N+](=O)[O-])cc2C)c(OC)c1. The maximum absolute atomic E-state index is 12.5. The van der Waals surface area contributed by atoms with Gasteiger partial charge in [0, 0.05) is 29.4 Å². The summed E-state index contributed by atoms with van der Waals surface area (Å²) in [4.78, 5) is 24.0. The van der Waals surface area contributed by atoms with E-state index in [2.05, 4.69) is 5.32 Å². The lowest BCUT2D eigenvalue weighted by atomic mass is 10.1. The van der Waals surface area contributed by atoms with Crippen LogP contribution in [0.5, 0.6) is 17.2 Å². The van der Waals surface area contributed by atoms with Crippen molar-refractivity contribution in [2.75, 3.05) is 40.2 Å². The van der Waals surface area contributed by atoms with E-state index in [9.17, 15) is 14.9 Å². The first kappa shape index (κ1) is 22.0. The first-order valence-corrected chi connectivity index (χ1v) is 8.94. The minimum absolute atomic E-state index is 0.0968. The van der Waals surface area contributed by atoms with E-state index < -0.39 is 4.92 Å². The number of aryl methyl sites for hydroxylation is 1. The van der Waals surface area contributed by atoms with Gasteiger partial charge in [0.2, 0.25) is 0 Å². The third-order valence-corrected chi connectivity index (χ3v) is 4.45. The molecule has 0 fully saturated rings. The van der Waals surface area contributed by atoms with E-state index in [1.54, 1.807) is 27.2 Å². The van der Waals surface area contributed by atoms with Crippen molar-refractivity contribution in [3.05, 3.63) is 51.6 Å². The standard InChI is InChI=1S/C20H25N3O6/c1-13-8-17(23(25)26)19(29-5)10-16(13)21-20(24)12-22(2)11-14-6-7-15(27-3)9-18(14)28-4/h6-10H,11-12H2,1-5H3,(H,21,24)/p+1. The number of benzene rings is 2. The molecule has 1 amide bonds. The van der Waals surface area contributed by atoms with E-state index >= 15 is 0 Å². The predicted molar refractivity (Wildman–Crippen MR) is 108 cm³/mol. The molecule has 0 bridgehead atoms. The zero-order chi connectivity index (χ0) is 21.6. The Morgan fingerprint density at radius 2 is 1.79 bits per heavy atom. The Kier molecular flexibility index (Phi) is 7.38. The zero-order valence-corrected chi connectivity index (χ0v) is 17.2. The Hall–Kier alpha value is -3.33. The molecule has 1 atom stereocenters. The predicted octanol–water partition coefficient (Wildman–Crippen LogP) is 1.58. The van der Waals surface area contributed by atoms with Crippen molar-refractivity contribution in [3.63, 3.8) is 0 Å². The third kappa shape index (κ3) is 5.58. The fourth-order valence-corrected chi connectivity index (χ4v) is 2.97. The van der Waals surface area contributed by atoms with Crippen LogP contribution in [0.25, 0.3) is 0 Å². The monoisotopic (exact) mass is 404 g/mol. The first-order chi connectivity index (χ1) is 13.8. The molecule has 0 aliphatic heterocycles. The highest BCUT2D eigenvalue weighted by Gasteiger charge is 2.20. The average Bonchev–Trinajstić information content (AvgIpc) is 2.69. The van der Waals surface area contributed by atoms with E-state index in [0.717, 1.165) is 10.5 Å². The maximum Gasteiger partial charge on any atom is 0.311 e. The summed E-state index contributed by atoms with van der Waals surface area (Å²) < 4.78 is 15.7. The van der Waals surface area contributed by atoms with Crippen molar-refractivity contribution in [2.45, 2.75) is 13.5 Å². The van der Waals surface area contributed by atoms with Gasteiger partial charge >= 0.3 is 5.69 Å². The Bertz CT molecular complexity index is 900. The summed E-state index contributed by atoms with van der Waals surface area (Å²) in [6.07, 6.45) is 0. The van der Waals surface area contributed by atoms with Crippen LogP contribution in [-0.4, -0.2) is 45.8 Å². The lowest BCUT2D eigenvalue weighted by Crippen LogP contribution is -3.08. The van der Waals surface area contributed by atoms with Crippen molar-refractivity contribution in [1.82, 2.24) is 0 Å². The van der Waals surface area contributed by atoms with Crippen molar-refractivity contribution in [2.24, 2.45) is 0 Å². The Morgan fingerprint density at radius 1 is 1.10 bits per heavy atom. The van der Waals surface area contributed by atoms with Crippen LogP contribution < -0.4 is 24.4 Å². The van der Waals surface area contributed by atoms with E-state index in [1.165, 1.54) is 19.2 Å². The minimum Gasteiger partial charge on any atom is -0.497 e. The molecule has 2 rings (SSSR count). The van der Waals surface area contributed by atoms with Gasteiger partial charge in [0.1, 0.15) is 18.0 Å². The van der Waals surface area contributed by atoms with Gasteiger partial charge in [0.25, 0.3) is 5.91 Å². The van der Waals surface area contributed by atoms with E-state index in [0.29, 0.717) is 29.3 Å². The van der Waals surface area contributed by atoms with Crippen LogP contribution in [0.1, 0.15) is 11.1 Å². The second-order valence-electron chi connectivity index (χ2n) is 6.63. The number of nitrogens with one attached hydrogen (secondary N) is 2. The van der Waals surface area contributed by atoms with Crippen molar-refractivity contribution >= 4 is 17.3 Å². The Morgan fingerprint density at radius 3 is 2.38 bits per heavy atom. The molecule has 156 valence electrons. The first-order valence-electron chi connectivity index (χ1n) is 8.94. The smallest absolute Gasteiger partial charge is 0.311 e. The third-order valence-electron chi connectivity index (χ3n) is 4.45. The molecule has 2 N–H and O–H groups in total. The van der Waals surface area contributed by atoms with Gasteiger partial charge in [-0.05, 0) is 24.6 Å². The number of methoxy groups -OCH3 is 3. The Labute approximate surface area is 169 Å². The summed E-state index contributed by atoms with van der Waals surface area (Å²) in [7, 11) is 6.42. The largest absolute Gasteiger partial charge is 0.497 e. The molecule has 0 aliphatic carbocycles. The van der Waals surface area contributed by atoms with Crippen LogP contribution in [0.15, 0.2) is 30.3 Å². The maximum atomic E-state index is 12.5. The number of quaternary nitrogens is 1. The van der Waals surface area contributed by atoms with Gasteiger partial charge in [0.15, 0.2) is 12.3 Å². The molecule has 0 spiro atoms. The van der Waals surface area contributed by atoms with Gasteiger partial charge in [-0.1, -0.05) is 0 Å². The number of carbonyl (C=O) groups excluding carboxylic acids is 1. The van der Waals surface area contributed by atoms with Crippen molar-refractivity contribution in [3.8, 4) is 17.2 Å². The molecular formula is C20H26N3O6+. The van der Waals surface area contributed by atoms with E-state index in [4.69, 9.17) is 14.2 Å². The van der Waals surface area contributed by atoms with E-state index in [-0.39, 0.29) is 23.9 Å². The van der Waals surface area contributed by atoms with Crippen LogP contribution in [-0.2, 0) is 11.3 Å². The molecule has 2 aromatic carbocycles. The highest BCUT2D eigenvalue weighted by molar-refractivity contribution is 5.92. The zero-order valence-electron chi connectivity index (χ0n) is 17.2. The summed E-state index contributed by atoms with van der Waals surface area (Å²) in [5.41, 5.74) is 1.87. The van der Waals surface area contributed by atoms with Gasteiger partial charge in [0.05, 0.1) is 33.3 Å². The number of ether oxygens (including phenoxy) is 3. The van der Waals surface area contributed by atoms with Crippen molar-refractivity contribution < 1.29 is 28.8 Å². The number of likely N-dealkylation sites (N-methyl/N-ethyl adjacent to an activating group) is 1. The van der Waals surface area contributed by atoms with Gasteiger partial charge in [-0.25, -0.2) is 0 Å². The van der Waals surface area contributed by atoms with Crippen LogP contribution >= 0.6 is 0 Å². The lowest BCUT2D eigenvalue weighted by Gasteiger charge is -2.17. The number of hydrogen-bond donors (Lipinski definition) is 2. The van der Waals surface area contributed by atoms with E-state index in [1.807, 2.05) is 19.2 Å². The number of rotatable bonds is 9. The number of nitro benzene ring substituents is 1. The molecule has 0 aromatic heterocycles. The fourth-order valence-electron chi connectivity index (χ4n) is 2.97. The molecule has 0 aliphatic rings. The van der Waals surface area contributed by atoms with Crippen LogP contribution in [0.2, 0.25) is 0 Å². The number of amides is 1. The second kappa shape index (κ2) is 9.74. The minimum atomic E-state index is -0.516. The second-order valence-corrected chi connectivity index (χ2v) is 6.63. The van der Waals surface area contributed by atoms with Gasteiger partial charge < -0.3 is 24.4 Å². The number of anilines is 1. The molecule has 0 heterocycles. The van der Waals surface area contributed by atoms with Crippen LogP contribution in [0, 0.1) is 17.0 Å². The van der Waals surface area contributed by atoms with Crippen LogP contribution in [0.3, 0.4) is 0 Å². The Balaban J connectivity index is 2.07.